The Balaban J connectivity index is 1.59. The van der Waals surface area contributed by atoms with Crippen LogP contribution in [0.5, 0.6) is 0 Å². The molecule has 1 aliphatic carbocycles. The summed E-state index contributed by atoms with van der Waals surface area (Å²) in [6.45, 7) is 2.95. The molecule has 2 nitrogen and oxygen atoms in total. The number of hydrogen-bond donors (Lipinski definition) is 1. The fourth-order valence-corrected chi connectivity index (χ4v) is 2.74. The first-order valence-corrected chi connectivity index (χ1v) is 7.03. The molecular formula is C14H18ClFN2. The van der Waals surface area contributed by atoms with Crippen LogP contribution in [0.4, 0.5) is 10.1 Å². The van der Waals surface area contributed by atoms with Crippen molar-refractivity contribution in [2.45, 2.75) is 25.3 Å². The third-order valence-corrected chi connectivity index (χ3v) is 4.04. The maximum Gasteiger partial charge on any atom is 0.147 e. The van der Waals surface area contributed by atoms with Crippen molar-refractivity contribution < 1.29 is 4.39 Å². The normalized spacial score (nSPS) is 23.7. The lowest BCUT2D eigenvalue weighted by Crippen LogP contribution is -2.27. The molecule has 0 bridgehead atoms. The lowest BCUT2D eigenvalue weighted by atomic mass is 10.1. The number of nitrogens with zero attached hydrogens (tertiary/aromatic N) is 1. The number of rotatable bonds is 4. The molecule has 18 heavy (non-hydrogen) atoms. The summed E-state index contributed by atoms with van der Waals surface area (Å²) in [6, 6.07) is 5.70. The van der Waals surface area contributed by atoms with Crippen LogP contribution in [0.25, 0.3) is 0 Å². The Morgan fingerprint density at radius 1 is 1.33 bits per heavy atom. The molecule has 1 aromatic carbocycles. The summed E-state index contributed by atoms with van der Waals surface area (Å²) in [5.41, 5.74) is 0.688. The van der Waals surface area contributed by atoms with Crippen molar-refractivity contribution in [3.8, 4) is 0 Å². The van der Waals surface area contributed by atoms with Gasteiger partial charge >= 0.3 is 0 Å². The van der Waals surface area contributed by atoms with Gasteiger partial charge in [-0.15, -0.1) is 0 Å². The monoisotopic (exact) mass is 268 g/mol. The molecule has 3 rings (SSSR count). The Bertz CT molecular complexity index is 434. The summed E-state index contributed by atoms with van der Waals surface area (Å²) in [5, 5.41) is 4.01. The van der Waals surface area contributed by atoms with Gasteiger partial charge in [0.15, 0.2) is 0 Å². The van der Waals surface area contributed by atoms with E-state index >= 15 is 0 Å². The fraction of sp³-hybridized carbons (Fsp3) is 0.571. The van der Waals surface area contributed by atoms with Crippen molar-refractivity contribution in [3.63, 3.8) is 0 Å². The van der Waals surface area contributed by atoms with Crippen LogP contribution in [0.3, 0.4) is 0 Å². The van der Waals surface area contributed by atoms with Crippen LogP contribution < -0.4 is 10.2 Å². The number of benzene rings is 1. The predicted molar refractivity (Wildman–Crippen MR) is 72.8 cm³/mol. The van der Waals surface area contributed by atoms with Gasteiger partial charge in [-0.05, 0) is 49.9 Å². The van der Waals surface area contributed by atoms with Gasteiger partial charge in [-0.25, -0.2) is 4.39 Å². The Kier molecular flexibility index (Phi) is 3.44. The van der Waals surface area contributed by atoms with Crippen molar-refractivity contribution in [2.75, 3.05) is 24.5 Å². The molecule has 0 aromatic heterocycles. The van der Waals surface area contributed by atoms with E-state index in [1.54, 1.807) is 12.1 Å². The standard InChI is InChI=1S/C14H18ClFN2/c15-11-1-4-14(13(16)7-11)18-6-5-10(9-18)8-17-12-2-3-12/h1,4,7,10,12,17H,2-3,5-6,8-9H2. The van der Waals surface area contributed by atoms with Crippen LogP contribution in [0.15, 0.2) is 18.2 Å². The number of hydrogen-bond acceptors (Lipinski definition) is 2. The number of halogens is 2. The molecule has 1 saturated carbocycles. The summed E-state index contributed by atoms with van der Waals surface area (Å²) in [6.07, 6.45) is 3.78. The van der Waals surface area contributed by atoms with Crippen LogP contribution in [0.2, 0.25) is 5.02 Å². The van der Waals surface area contributed by atoms with Gasteiger partial charge < -0.3 is 10.2 Å². The van der Waals surface area contributed by atoms with Crippen molar-refractivity contribution in [1.82, 2.24) is 5.32 Å². The van der Waals surface area contributed by atoms with Gasteiger partial charge in [0.1, 0.15) is 5.82 Å². The van der Waals surface area contributed by atoms with Gasteiger partial charge in [0.05, 0.1) is 5.69 Å². The second-order valence-electron chi connectivity index (χ2n) is 5.38. The van der Waals surface area contributed by atoms with E-state index in [0.29, 0.717) is 16.6 Å². The molecule has 4 heteroatoms. The molecule has 98 valence electrons. The van der Waals surface area contributed by atoms with Crippen molar-refractivity contribution in [3.05, 3.63) is 29.0 Å². The third kappa shape index (κ3) is 2.78. The van der Waals surface area contributed by atoms with E-state index < -0.39 is 0 Å². The zero-order valence-corrected chi connectivity index (χ0v) is 11.1. The number of anilines is 1. The molecular weight excluding hydrogens is 251 g/mol. The van der Waals surface area contributed by atoms with Crippen LogP contribution in [-0.2, 0) is 0 Å². The minimum atomic E-state index is -0.210. The molecule has 2 aliphatic rings. The van der Waals surface area contributed by atoms with Crippen LogP contribution in [0, 0.1) is 11.7 Å². The first-order valence-electron chi connectivity index (χ1n) is 6.66. The zero-order valence-electron chi connectivity index (χ0n) is 10.3. The zero-order chi connectivity index (χ0) is 12.5. The molecule has 0 spiro atoms. The molecule has 0 radical (unpaired) electrons. The third-order valence-electron chi connectivity index (χ3n) is 3.81. The SMILES string of the molecule is Fc1cc(Cl)ccc1N1CCC(CNC2CC2)C1. The van der Waals surface area contributed by atoms with Gasteiger partial charge in [-0.3, -0.25) is 0 Å². The summed E-state index contributed by atoms with van der Waals surface area (Å²) >= 11 is 5.78. The highest BCUT2D eigenvalue weighted by Gasteiger charge is 2.27. The van der Waals surface area contributed by atoms with E-state index in [1.807, 2.05) is 0 Å². The van der Waals surface area contributed by atoms with Crippen LogP contribution in [0.1, 0.15) is 19.3 Å². The van der Waals surface area contributed by atoms with E-state index in [9.17, 15) is 4.39 Å². The van der Waals surface area contributed by atoms with Crippen molar-refractivity contribution in [2.24, 2.45) is 5.92 Å². The fourth-order valence-electron chi connectivity index (χ4n) is 2.58. The van der Waals surface area contributed by atoms with Gasteiger partial charge in [-0.2, -0.15) is 0 Å². The first kappa shape index (κ1) is 12.2. The molecule has 1 heterocycles. The average molecular weight is 269 g/mol. The lowest BCUT2D eigenvalue weighted by Gasteiger charge is -2.19. The van der Waals surface area contributed by atoms with Gasteiger partial charge in [-0.1, -0.05) is 11.6 Å². The molecule has 0 amide bonds. The summed E-state index contributed by atoms with van der Waals surface area (Å²) in [5.74, 6) is 0.430. The molecule has 1 aromatic rings. The van der Waals surface area contributed by atoms with E-state index in [2.05, 4.69) is 10.2 Å². The summed E-state index contributed by atoms with van der Waals surface area (Å²) in [4.78, 5) is 2.13. The summed E-state index contributed by atoms with van der Waals surface area (Å²) < 4.78 is 13.8. The minimum Gasteiger partial charge on any atom is -0.369 e. The lowest BCUT2D eigenvalue weighted by molar-refractivity contribution is 0.514. The van der Waals surface area contributed by atoms with Gasteiger partial charge in [0.2, 0.25) is 0 Å². The second-order valence-corrected chi connectivity index (χ2v) is 5.82. The Morgan fingerprint density at radius 3 is 2.89 bits per heavy atom. The van der Waals surface area contributed by atoms with E-state index in [1.165, 1.54) is 18.9 Å². The van der Waals surface area contributed by atoms with E-state index in [-0.39, 0.29) is 5.82 Å². The van der Waals surface area contributed by atoms with Crippen LogP contribution >= 0.6 is 11.6 Å². The molecule has 1 unspecified atom stereocenters. The largest absolute Gasteiger partial charge is 0.369 e. The Morgan fingerprint density at radius 2 is 2.17 bits per heavy atom. The highest BCUT2D eigenvalue weighted by Crippen LogP contribution is 2.28. The van der Waals surface area contributed by atoms with E-state index in [0.717, 1.165) is 32.1 Å². The maximum atomic E-state index is 13.8. The van der Waals surface area contributed by atoms with Crippen molar-refractivity contribution in [1.29, 1.82) is 0 Å². The quantitative estimate of drug-likeness (QED) is 0.903. The van der Waals surface area contributed by atoms with Gasteiger partial charge in [0, 0.05) is 24.2 Å². The smallest absolute Gasteiger partial charge is 0.147 e. The summed E-state index contributed by atoms with van der Waals surface area (Å²) in [7, 11) is 0. The molecule has 2 fully saturated rings. The molecule has 1 N–H and O–H groups in total. The molecule has 1 atom stereocenters. The van der Waals surface area contributed by atoms with Crippen molar-refractivity contribution >= 4 is 17.3 Å². The Labute approximate surface area is 112 Å². The predicted octanol–water partition coefficient (Wildman–Crippen LogP) is 3.06. The topological polar surface area (TPSA) is 15.3 Å². The van der Waals surface area contributed by atoms with Crippen LogP contribution in [-0.4, -0.2) is 25.7 Å². The second kappa shape index (κ2) is 5.06. The Hall–Kier alpha value is -0.800. The molecule has 1 aliphatic heterocycles. The highest BCUT2D eigenvalue weighted by atomic mass is 35.5. The first-order chi connectivity index (χ1) is 8.72. The number of nitrogens with one attached hydrogen (secondary N) is 1. The van der Waals surface area contributed by atoms with E-state index in [4.69, 9.17) is 11.6 Å². The highest BCUT2D eigenvalue weighted by molar-refractivity contribution is 6.30. The van der Waals surface area contributed by atoms with Gasteiger partial charge in [0.25, 0.3) is 0 Å². The minimum absolute atomic E-state index is 0.210. The average Bonchev–Trinajstić information content (AvgIpc) is 3.05. The maximum absolute atomic E-state index is 13.8. The molecule has 1 saturated heterocycles.